The van der Waals surface area contributed by atoms with Gasteiger partial charge in [0.25, 0.3) is 0 Å². The number of nitrogens with one attached hydrogen (secondary N) is 1. The lowest BCUT2D eigenvalue weighted by Crippen LogP contribution is -2.71. The van der Waals surface area contributed by atoms with E-state index in [1.807, 2.05) is 12.3 Å². The van der Waals surface area contributed by atoms with E-state index < -0.39 is 78.5 Å². The van der Waals surface area contributed by atoms with Gasteiger partial charge in [0.05, 0.1) is 30.5 Å². The Balaban J connectivity index is 1.12. The van der Waals surface area contributed by atoms with Gasteiger partial charge >= 0.3 is 5.97 Å². The van der Waals surface area contributed by atoms with Crippen molar-refractivity contribution >= 4 is 18.1 Å². The van der Waals surface area contributed by atoms with Crippen LogP contribution in [0, 0.1) is 48.0 Å². The molecule has 320 valence electrons. The van der Waals surface area contributed by atoms with Gasteiger partial charge in [0, 0.05) is 31.2 Å². The van der Waals surface area contributed by atoms with Gasteiger partial charge in [-0.25, -0.2) is 4.79 Å². The third kappa shape index (κ3) is 10.3. The Hall–Kier alpha value is -2.40. The highest BCUT2D eigenvalue weighted by Gasteiger charge is 2.59. The summed E-state index contributed by atoms with van der Waals surface area (Å²) in [7, 11) is 0. The molecule has 0 aromatic heterocycles. The molecule has 0 spiro atoms. The molecule has 6 aliphatic rings. The molecule has 2 saturated heterocycles. The van der Waals surface area contributed by atoms with Crippen LogP contribution in [0.3, 0.4) is 0 Å². The molecule has 3 saturated carbocycles. The molecule has 3 aliphatic heterocycles. The molecule has 3 aliphatic carbocycles. The van der Waals surface area contributed by atoms with E-state index in [2.05, 4.69) is 36.3 Å². The van der Waals surface area contributed by atoms with Gasteiger partial charge in [0.15, 0.2) is 24.2 Å². The largest absolute Gasteiger partial charge is 0.479 e. The lowest BCUT2D eigenvalue weighted by Gasteiger charge is -2.52. The molecular formula is C43H68N3O11+. The number of carboxylic acid groups (broad SMARTS) is 1. The molecule has 0 aromatic carbocycles. The van der Waals surface area contributed by atoms with Gasteiger partial charge in [-0.1, -0.05) is 45.3 Å². The Morgan fingerprint density at radius 1 is 1.05 bits per heavy atom. The first-order chi connectivity index (χ1) is 27.3. The monoisotopic (exact) mass is 802 g/mol. The average Bonchev–Trinajstić information content (AvgIpc) is 3.71. The first kappa shape index (κ1) is 44.2. The fraction of sp³-hybridized carbons (Fsp3) is 0.814. The van der Waals surface area contributed by atoms with E-state index >= 15 is 0 Å². The number of carbonyl (C=O) groups is 2. The maximum absolute atomic E-state index is 12.7. The van der Waals surface area contributed by atoms with Gasteiger partial charge in [-0.3, -0.25) is 4.79 Å². The number of hydrogen-bond donors (Lipinski definition) is 8. The minimum absolute atomic E-state index is 0.0228. The van der Waals surface area contributed by atoms with E-state index in [4.69, 9.17) is 19.9 Å². The Labute approximate surface area is 337 Å². The summed E-state index contributed by atoms with van der Waals surface area (Å²) < 4.78 is 18.4. The van der Waals surface area contributed by atoms with Crippen molar-refractivity contribution in [1.82, 2.24) is 5.32 Å². The summed E-state index contributed by atoms with van der Waals surface area (Å²) >= 11 is 0. The maximum atomic E-state index is 12.7. The van der Waals surface area contributed by atoms with Crippen LogP contribution in [-0.2, 0) is 23.8 Å². The van der Waals surface area contributed by atoms with Crippen LogP contribution < -0.4 is 11.1 Å². The fourth-order valence-corrected chi connectivity index (χ4v) is 10.8. The number of amides is 1. The molecule has 14 nitrogen and oxygen atoms in total. The summed E-state index contributed by atoms with van der Waals surface area (Å²) in [5.74, 6) is -1.32. The number of nitrogens with zero attached hydrogens (tertiary/aromatic N) is 1. The van der Waals surface area contributed by atoms with Crippen LogP contribution in [-0.4, -0.2) is 123 Å². The minimum atomic E-state index is -2.24. The second-order valence-electron chi connectivity index (χ2n) is 18.0. The Morgan fingerprint density at radius 3 is 2.49 bits per heavy atom. The van der Waals surface area contributed by atoms with E-state index in [0.29, 0.717) is 51.0 Å². The van der Waals surface area contributed by atoms with Crippen molar-refractivity contribution in [3.63, 3.8) is 0 Å². The van der Waals surface area contributed by atoms with Gasteiger partial charge in [-0.05, 0) is 93.9 Å². The number of ether oxygens (including phenoxy) is 3. The van der Waals surface area contributed by atoms with Crippen molar-refractivity contribution in [3.8, 4) is 0 Å². The number of primary amides is 1. The van der Waals surface area contributed by atoms with Gasteiger partial charge in [0.1, 0.15) is 30.4 Å². The Morgan fingerprint density at radius 2 is 1.81 bits per heavy atom. The van der Waals surface area contributed by atoms with E-state index in [0.717, 1.165) is 24.3 Å². The number of rotatable bonds is 16. The Kier molecular flexibility index (Phi) is 15.3. The molecule has 6 rings (SSSR count). The highest BCUT2D eigenvalue weighted by atomic mass is 16.7. The molecule has 0 radical (unpaired) electrons. The predicted octanol–water partition coefficient (Wildman–Crippen LogP) is 2.78. The number of nitrogens with two attached hydrogens (primary N) is 1. The van der Waals surface area contributed by atoms with E-state index in [1.165, 1.54) is 32.1 Å². The molecule has 3 heterocycles. The van der Waals surface area contributed by atoms with Gasteiger partial charge in [0.2, 0.25) is 5.91 Å². The maximum Gasteiger partial charge on any atom is 0.335 e. The number of aliphatic hydroxyl groups excluding tert-OH is 4. The van der Waals surface area contributed by atoms with Crippen molar-refractivity contribution < 1.29 is 54.4 Å². The lowest BCUT2D eigenvalue weighted by atomic mass is 9.66. The SMILES string of the molecule is CCC1CCCCC1C=CC[C@H](C)[C@H](CNC[C@@]1(O)[C@H](OC2CCC3C(C2)OC(C(N)=O)C(C2CCC(O)CC2)C3O)O[C@H](C(=O)O)[C@@H](O)[C@@H]1O)CC1=C[CH+]N=C1. The van der Waals surface area contributed by atoms with E-state index in [1.54, 1.807) is 6.54 Å². The zero-order chi connectivity index (χ0) is 40.9. The Bertz CT molecular complexity index is 1440. The second kappa shape index (κ2) is 19.8. The summed E-state index contributed by atoms with van der Waals surface area (Å²) in [6.07, 6.45) is 9.03. The number of aliphatic hydroxyl groups is 5. The molecule has 15 atom stereocenters. The fourth-order valence-electron chi connectivity index (χ4n) is 10.8. The minimum Gasteiger partial charge on any atom is -0.479 e. The lowest BCUT2D eigenvalue weighted by molar-refractivity contribution is -0.346. The van der Waals surface area contributed by atoms with Gasteiger partial charge in [-0.15, -0.1) is 4.99 Å². The number of carboxylic acids is 1. The third-order valence-electron chi connectivity index (χ3n) is 14.4. The molecule has 1 amide bonds. The van der Waals surface area contributed by atoms with Crippen LogP contribution in [0.5, 0.6) is 0 Å². The highest BCUT2D eigenvalue weighted by Crippen LogP contribution is 2.46. The zero-order valence-corrected chi connectivity index (χ0v) is 33.7. The van der Waals surface area contributed by atoms with Crippen molar-refractivity contribution in [1.29, 1.82) is 0 Å². The van der Waals surface area contributed by atoms with Crippen LogP contribution >= 0.6 is 0 Å². The molecule has 8 unspecified atom stereocenters. The summed E-state index contributed by atoms with van der Waals surface area (Å²) in [6.45, 7) is 6.42. The number of fused-ring (bicyclic) bond motifs is 1. The average molecular weight is 803 g/mol. The van der Waals surface area contributed by atoms with E-state index in [9.17, 15) is 40.2 Å². The number of hydrogen-bond acceptors (Lipinski definition) is 12. The molecule has 9 N–H and O–H groups in total. The van der Waals surface area contributed by atoms with Crippen LogP contribution in [0.4, 0.5) is 0 Å². The number of allylic oxidation sites excluding steroid dienone is 3. The van der Waals surface area contributed by atoms with Gasteiger partial charge in [-0.2, -0.15) is 0 Å². The van der Waals surface area contributed by atoms with Crippen molar-refractivity contribution in [2.24, 2.45) is 52.2 Å². The van der Waals surface area contributed by atoms with E-state index in [-0.39, 0.29) is 36.6 Å². The summed E-state index contributed by atoms with van der Waals surface area (Å²) in [5, 5.41) is 69.3. The smallest absolute Gasteiger partial charge is 0.335 e. The second-order valence-corrected chi connectivity index (χ2v) is 18.0. The molecule has 5 fully saturated rings. The van der Waals surface area contributed by atoms with Crippen LogP contribution in [0.25, 0.3) is 0 Å². The first-order valence-corrected chi connectivity index (χ1v) is 21.7. The van der Waals surface area contributed by atoms with Crippen LogP contribution in [0.2, 0.25) is 0 Å². The predicted molar refractivity (Wildman–Crippen MR) is 211 cm³/mol. The van der Waals surface area contributed by atoms with Crippen LogP contribution in [0.1, 0.15) is 104 Å². The number of aliphatic carboxylic acids is 1. The first-order valence-electron chi connectivity index (χ1n) is 21.7. The molecular weight excluding hydrogens is 734 g/mol. The van der Waals surface area contributed by atoms with Crippen molar-refractivity contribution in [3.05, 3.63) is 30.3 Å². The van der Waals surface area contributed by atoms with Crippen LogP contribution in [0.15, 0.2) is 28.8 Å². The highest BCUT2D eigenvalue weighted by molar-refractivity contribution is 5.82. The molecule has 57 heavy (non-hydrogen) atoms. The van der Waals surface area contributed by atoms with Gasteiger partial charge < -0.3 is 55.9 Å². The summed E-state index contributed by atoms with van der Waals surface area (Å²) in [5.41, 5.74) is 4.67. The van der Waals surface area contributed by atoms with Crippen molar-refractivity contribution in [2.45, 2.75) is 164 Å². The third-order valence-corrected chi connectivity index (χ3v) is 14.4. The zero-order valence-electron chi connectivity index (χ0n) is 33.7. The topological polar surface area (TPSA) is 234 Å². The molecule has 14 heteroatoms. The summed E-state index contributed by atoms with van der Waals surface area (Å²) in [6, 6.07) is 0. The van der Waals surface area contributed by atoms with Crippen molar-refractivity contribution in [2.75, 3.05) is 13.1 Å². The number of aliphatic imine (C=N–C) groups is 1. The number of carbonyl (C=O) groups excluding carboxylic acids is 1. The molecule has 0 aromatic rings. The summed E-state index contributed by atoms with van der Waals surface area (Å²) in [4.78, 5) is 29.1. The molecule has 0 bridgehead atoms. The standard InChI is InChI=1S/C43H67N3O11/c1-3-26-8-4-5-9-27(26)10-6-7-24(2)29(19-25-17-18-45-21-25)22-46-23-43(54)39(50)36(49)38(41(52)53)57-42(43)55-31-15-16-32-33(20-31)56-37(40(44)51)34(35(32)48)28-11-13-30(47)14-12-28/h6,10,17-18,21,24,26-39,42,46-50,54H,3-5,7-9,11-16,19-20,22-23H2,1-2H3,(H2-,44,51,52,53)/p+1/t24-,26?,27?,28?,29-,30?,31?,32?,33?,34?,35?,36+,37?,38-,39-,42+,43-/m0/s1. The normalized spacial score (nSPS) is 42.2. The quantitative estimate of drug-likeness (QED) is 0.0832.